The van der Waals surface area contributed by atoms with Crippen LogP contribution in [0.2, 0.25) is 0 Å². The highest BCUT2D eigenvalue weighted by Gasteiger charge is 2.28. The van der Waals surface area contributed by atoms with Crippen molar-refractivity contribution in [1.82, 2.24) is 20.2 Å². The number of nitrogens with one attached hydrogen (secondary N) is 2. The van der Waals surface area contributed by atoms with Gasteiger partial charge >= 0.3 is 0 Å². The molecule has 154 valence electrons. The number of aromatic nitrogens is 2. The SMILES string of the molecule is O=C(NC1CCCCC1)c1nc(C(=O)NCc2ccc(F)cc2)n2c1CCCC2. The zero-order valence-electron chi connectivity index (χ0n) is 16.5. The molecule has 1 fully saturated rings. The predicted octanol–water partition coefficient (Wildman–Crippen LogP) is 3.35. The highest BCUT2D eigenvalue weighted by atomic mass is 19.1. The number of nitrogens with zero attached hydrogens (tertiary/aromatic N) is 2. The Hall–Kier alpha value is -2.70. The van der Waals surface area contributed by atoms with Crippen LogP contribution in [0.15, 0.2) is 24.3 Å². The predicted molar refractivity (Wildman–Crippen MR) is 107 cm³/mol. The van der Waals surface area contributed by atoms with Gasteiger partial charge in [0, 0.05) is 19.1 Å². The highest BCUT2D eigenvalue weighted by Crippen LogP contribution is 2.23. The van der Waals surface area contributed by atoms with Crippen LogP contribution >= 0.6 is 0 Å². The van der Waals surface area contributed by atoms with Crippen molar-refractivity contribution in [1.29, 1.82) is 0 Å². The number of imidazole rings is 1. The van der Waals surface area contributed by atoms with E-state index in [-0.39, 0.29) is 36.0 Å². The first-order valence-electron chi connectivity index (χ1n) is 10.5. The summed E-state index contributed by atoms with van der Waals surface area (Å²) in [5.74, 6) is -0.499. The van der Waals surface area contributed by atoms with E-state index in [1.165, 1.54) is 18.6 Å². The summed E-state index contributed by atoms with van der Waals surface area (Å²) in [6.07, 6.45) is 8.24. The largest absolute Gasteiger partial charge is 0.348 e. The lowest BCUT2D eigenvalue weighted by atomic mass is 9.95. The summed E-state index contributed by atoms with van der Waals surface area (Å²) in [5, 5.41) is 5.96. The average molecular weight is 398 g/mol. The lowest BCUT2D eigenvalue weighted by Gasteiger charge is -2.23. The van der Waals surface area contributed by atoms with Crippen LogP contribution in [0, 0.1) is 5.82 Å². The van der Waals surface area contributed by atoms with Crippen molar-refractivity contribution in [2.45, 2.75) is 70.5 Å². The Balaban J connectivity index is 1.49. The molecule has 2 aliphatic rings. The first-order chi connectivity index (χ1) is 14.1. The van der Waals surface area contributed by atoms with Crippen LogP contribution in [0.3, 0.4) is 0 Å². The normalized spacial score (nSPS) is 16.9. The number of hydrogen-bond donors (Lipinski definition) is 2. The smallest absolute Gasteiger partial charge is 0.287 e. The molecule has 2 aromatic rings. The quantitative estimate of drug-likeness (QED) is 0.811. The molecule has 2 amide bonds. The van der Waals surface area contributed by atoms with Crippen molar-refractivity contribution >= 4 is 11.8 Å². The molecule has 1 aromatic heterocycles. The molecule has 2 heterocycles. The fourth-order valence-corrected chi connectivity index (χ4v) is 4.26. The second-order valence-corrected chi connectivity index (χ2v) is 7.96. The van der Waals surface area contributed by atoms with Gasteiger partial charge in [0.05, 0.1) is 5.69 Å². The van der Waals surface area contributed by atoms with Gasteiger partial charge in [0.1, 0.15) is 11.5 Å². The van der Waals surface area contributed by atoms with E-state index >= 15 is 0 Å². The zero-order valence-corrected chi connectivity index (χ0v) is 16.5. The Labute approximate surface area is 169 Å². The Morgan fingerprint density at radius 2 is 1.79 bits per heavy atom. The van der Waals surface area contributed by atoms with E-state index in [1.54, 1.807) is 12.1 Å². The fraction of sp³-hybridized carbons (Fsp3) is 0.500. The summed E-state index contributed by atoms with van der Waals surface area (Å²) >= 11 is 0. The van der Waals surface area contributed by atoms with Crippen LogP contribution in [-0.2, 0) is 19.5 Å². The van der Waals surface area contributed by atoms with Crippen LogP contribution in [-0.4, -0.2) is 27.4 Å². The van der Waals surface area contributed by atoms with Crippen molar-refractivity contribution < 1.29 is 14.0 Å². The summed E-state index contributed by atoms with van der Waals surface area (Å²) in [6, 6.07) is 6.21. The van der Waals surface area contributed by atoms with Gasteiger partial charge in [-0.2, -0.15) is 0 Å². The maximum absolute atomic E-state index is 13.0. The third kappa shape index (κ3) is 4.49. The van der Waals surface area contributed by atoms with Crippen molar-refractivity contribution in [2.24, 2.45) is 0 Å². The van der Waals surface area contributed by atoms with Crippen LogP contribution in [0.4, 0.5) is 4.39 Å². The summed E-state index contributed by atoms with van der Waals surface area (Å²) in [6.45, 7) is 0.975. The summed E-state index contributed by atoms with van der Waals surface area (Å²) in [7, 11) is 0. The van der Waals surface area contributed by atoms with Crippen LogP contribution in [0.1, 0.15) is 77.3 Å². The van der Waals surface area contributed by atoms with Crippen molar-refractivity contribution in [3.05, 3.63) is 52.9 Å². The second kappa shape index (κ2) is 8.76. The molecule has 0 radical (unpaired) electrons. The van der Waals surface area contributed by atoms with Gasteiger partial charge in [0.2, 0.25) is 0 Å². The van der Waals surface area contributed by atoms with Gasteiger partial charge in [-0.1, -0.05) is 31.4 Å². The molecule has 1 aliphatic heterocycles. The lowest BCUT2D eigenvalue weighted by molar-refractivity contribution is 0.0921. The average Bonchev–Trinajstić information content (AvgIpc) is 3.14. The Morgan fingerprint density at radius 1 is 1.03 bits per heavy atom. The topological polar surface area (TPSA) is 76.0 Å². The van der Waals surface area contributed by atoms with E-state index < -0.39 is 0 Å². The molecule has 1 aromatic carbocycles. The van der Waals surface area contributed by atoms with E-state index in [1.807, 2.05) is 4.57 Å². The van der Waals surface area contributed by atoms with Crippen LogP contribution in [0.25, 0.3) is 0 Å². The maximum atomic E-state index is 13.0. The number of rotatable bonds is 5. The molecular formula is C22H27FN4O2. The van der Waals surface area contributed by atoms with Gasteiger partial charge in [-0.25, -0.2) is 9.37 Å². The van der Waals surface area contributed by atoms with Crippen LogP contribution < -0.4 is 10.6 Å². The summed E-state index contributed by atoms with van der Waals surface area (Å²) in [5.41, 5.74) is 2.05. The van der Waals surface area contributed by atoms with Gasteiger partial charge in [0.15, 0.2) is 5.82 Å². The number of fused-ring (bicyclic) bond motifs is 1. The van der Waals surface area contributed by atoms with Gasteiger partial charge in [-0.15, -0.1) is 0 Å². The van der Waals surface area contributed by atoms with Crippen molar-refractivity contribution in [3.63, 3.8) is 0 Å². The minimum Gasteiger partial charge on any atom is -0.348 e. The summed E-state index contributed by atoms with van der Waals surface area (Å²) in [4.78, 5) is 30.1. The molecule has 0 bridgehead atoms. The van der Waals surface area contributed by atoms with Gasteiger partial charge < -0.3 is 15.2 Å². The summed E-state index contributed by atoms with van der Waals surface area (Å²) < 4.78 is 14.9. The molecular weight excluding hydrogens is 371 g/mol. The molecule has 6 nitrogen and oxygen atoms in total. The first-order valence-corrected chi connectivity index (χ1v) is 10.5. The Bertz CT molecular complexity index is 885. The van der Waals surface area contributed by atoms with Crippen molar-refractivity contribution in [2.75, 3.05) is 0 Å². The molecule has 7 heteroatoms. The minimum atomic E-state index is -0.311. The Kier molecular flexibility index (Phi) is 5.92. The third-order valence-corrected chi connectivity index (χ3v) is 5.84. The molecule has 29 heavy (non-hydrogen) atoms. The number of carbonyl (C=O) groups excluding carboxylic acids is 2. The first kappa shape index (κ1) is 19.6. The van der Waals surface area contributed by atoms with Crippen LogP contribution in [0.5, 0.6) is 0 Å². The van der Waals surface area contributed by atoms with Gasteiger partial charge in [0.25, 0.3) is 11.8 Å². The van der Waals surface area contributed by atoms with E-state index in [0.717, 1.165) is 56.2 Å². The maximum Gasteiger partial charge on any atom is 0.287 e. The number of carbonyl (C=O) groups is 2. The molecule has 1 aliphatic carbocycles. The number of benzene rings is 1. The second-order valence-electron chi connectivity index (χ2n) is 7.96. The van der Waals surface area contributed by atoms with E-state index in [2.05, 4.69) is 15.6 Å². The van der Waals surface area contributed by atoms with E-state index in [4.69, 9.17) is 0 Å². The number of halogens is 1. The molecule has 1 saturated carbocycles. The highest BCUT2D eigenvalue weighted by molar-refractivity contribution is 5.97. The van der Waals surface area contributed by atoms with E-state index in [0.29, 0.717) is 12.2 Å². The fourth-order valence-electron chi connectivity index (χ4n) is 4.26. The van der Waals surface area contributed by atoms with Crippen molar-refractivity contribution in [3.8, 4) is 0 Å². The zero-order chi connectivity index (χ0) is 20.2. The number of hydrogen-bond acceptors (Lipinski definition) is 3. The Morgan fingerprint density at radius 3 is 2.55 bits per heavy atom. The monoisotopic (exact) mass is 398 g/mol. The molecule has 0 atom stereocenters. The molecule has 0 saturated heterocycles. The lowest BCUT2D eigenvalue weighted by Crippen LogP contribution is -2.37. The standard InChI is InChI=1S/C22H27FN4O2/c23-16-11-9-15(10-12-16)14-24-22(29)20-26-19(18-8-4-5-13-27(18)20)21(28)25-17-6-2-1-3-7-17/h9-12,17H,1-8,13-14H2,(H,24,29)(H,25,28). The van der Waals surface area contributed by atoms with Gasteiger partial charge in [-0.05, 0) is 49.8 Å². The minimum absolute atomic E-state index is 0.167. The molecule has 2 N–H and O–H groups in total. The number of amides is 2. The van der Waals surface area contributed by atoms with Gasteiger partial charge in [-0.3, -0.25) is 9.59 Å². The third-order valence-electron chi connectivity index (χ3n) is 5.84. The molecule has 0 spiro atoms. The molecule has 4 rings (SSSR count). The van der Waals surface area contributed by atoms with E-state index in [9.17, 15) is 14.0 Å². The molecule has 0 unspecified atom stereocenters.